The highest BCUT2D eigenvalue weighted by Crippen LogP contribution is 2.21. The fourth-order valence-corrected chi connectivity index (χ4v) is 1.90. The van der Waals surface area contributed by atoms with Crippen molar-refractivity contribution in [2.24, 2.45) is 0 Å². The zero-order valence-electron chi connectivity index (χ0n) is 11.8. The summed E-state index contributed by atoms with van der Waals surface area (Å²) in [5, 5.41) is 2.95. The molecule has 0 aliphatic carbocycles. The molecule has 0 aliphatic heterocycles. The van der Waals surface area contributed by atoms with Gasteiger partial charge in [-0.25, -0.2) is 0 Å². The fourth-order valence-electron chi connectivity index (χ4n) is 1.90. The number of rotatable bonds is 4. The second kappa shape index (κ2) is 5.74. The van der Waals surface area contributed by atoms with Crippen molar-refractivity contribution in [3.05, 3.63) is 59.9 Å². The van der Waals surface area contributed by atoms with Crippen LogP contribution in [-0.2, 0) is 5.41 Å². The van der Waals surface area contributed by atoms with Crippen LogP contribution in [0.1, 0.15) is 29.8 Å². The highest BCUT2D eigenvalue weighted by atomic mass is 16.1. The smallest absolute Gasteiger partial charge is 0.251 e. The number of carbonyl (C=O) groups is 1. The van der Waals surface area contributed by atoms with Gasteiger partial charge in [-0.05, 0) is 35.9 Å². The highest BCUT2D eigenvalue weighted by molar-refractivity contribution is 5.94. The van der Waals surface area contributed by atoms with E-state index in [0.29, 0.717) is 17.8 Å². The van der Waals surface area contributed by atoms with E-state index in [9.17, 15) is 4.79 Å². The van der Waals surface area contributed by atoms with Crippen LogP contribution >= 0.6 is 0 Å². The summed E-state index contributed by atoms with van der Waals surface area (Å²) in [6.45, 7) is 4.70. The standard InChI is InChI=1S/C16H19N3O/c1-16(2,13-4-3-9-18-10-13)11-19-15(20)12-5-7-14(17)8-6-12/h3-10H,11,17H2,1-2H3,(H,19,20). The number of benzene rings is 1. The Morgan fingerprint density at radius 1 is 1.25 bits per heavy atom. The van der Waals surface area contributed by atoms with E-state index in [4.69, 9.17) is 5.73 Å². The van der Waals surface area contributed by atoms with Crippen LogP contribution in [0.4, 0.5) is 5.69 Å². The van der Waals surface area contributed by atoms with Crippen molar-refractivity contribution in [1.29, 1.82) is 0 Å². The molecule has 4 nitrogen and oxygen atoms in total. The van der Waals surface area contributed by atoms with Gasteiger partial charge in [-0.2, -0.15) is 0 Å². The predicted octanol–water partition coefficient (Wildman–Crippen LogP) is 2.37. The van der Waals surface area contributed by atoms with Gasteiger partial charge in [-0.1, -0.05) is 19.9 Å². The van der Waals surface area contributed by atoms with Crippen molar-refractivity contribution in [3.8, 4) is 0 Å². The Morgan fingerprint density at radius 3 is 2.55 bits per heavy atom. The van der Waals surface area contributed by atoms with Crippen LogP contribution in [0.3, 0.4) is 0 Å². The lowest BCUT2D eigenvalue weighted by molar-refractivity contribution is 0.0945. The van der Waals surface area contributed by atoms with Gasteiger partial charge in [-0.15, -0.1) is 0 Å². The van der Waals surface area contributed by atoms with Gasteiger partial charge in [0.1, 0.15) is 0 Å². The number of hydrogen-bond donors (Lipinski definition) is 2. The minimum absolute atomic E-state index is 0.0954. The number of carbonyl (C=O) groups excluding carboxylic acids is 1. The number of amides is 1. The van der Waals surface area contributed by atoms with Gasteiger partial charge in [0.05, 0.1) is 0 Å². The summed E-state index contributed by atoms with van der Waals surface area (Å²) in [4.78, 5) is 16.2. The molecule has 0 bridgehead atoms. The maximum atomic E-state index is 12.1. The Bertz CT molecular complexity index is 576. The minimum atomic E-state index is -0.169. The monoisotopic (exact) mass is 269 g/mol. The number of nitrogens with one attached hydrogen (secondary N) is 1. The molecule has 0 atom stereocenters. The van der Waals surface area contributed by atoms with E-state index >= 15 is 0 Å². The molecular formula is C16H19N3O. The molecule has 20 heavy (non-hydrogen) atoms. The number of nitrogens with zero attached hydrogens (tertiary/aromatic N) is 1. The van der Waals surface area contributed by atoms with Crippen LogP contribution in [0, 0.1) is 0 Å². The average molecular weight is 269 g/mol. The third-order valence-electron chi connectivity index (χ3n) is 3.31. The number of nitrogen functional groups attached to an aromatic ring is 1. The van der Waals surface area contributed by atoms with Gasteiger partial charge < -0.3 is 11.1 Å². The van der Waals surface area contributed by atoms with E-state index in [1.54, 1.807) is 30.5 Å². The van der Waals surface area contributed by atoms with Crippen molar-refractivity contribution in [3.63, 3.8) is 0 Å². The Morgan fingerprint density at radius 2 is 1.95 bits per heavy atom. The summed E-state index contributed by atoms with van der Waals surface area (Å²) in [6.07, 6.45) is 3.57. The normalized spacial score (nSPS) is 11.1. The van der Waals surface area contributed by atoms with Crippen molar-refractivity contribution in [2.45, 2.75) is 19.3 Å². The van der Waals surface area contributed by atoms with E-state index in [2.05, 4.69) is 24.1 Å². The first kappa shape index (κ1) is 14.1. The average Bonchev–Trinajstić information content (AvgIpc) is 2.46. The number of nitrogens with two attached hydrogens (primary N) is 1. The Hall–Kier alpha value is -2.36. The second-order valence-corrected chi connectivity index (χ2v) is 5.43. The Balaban J connectivity index is 2.01. The first-order valence-electron chi connectivity index (χ1n) is 6.53. The molecule has 1 aromatic carbocycles. The maximum Gasteiger partial charge on any atom is 0.251 e. The summed E-state index contributed by atoms with van der Waals surface area (Å²) < 4.78 is 0. The molecule has 3 N–H and O–H groups in total. The molecule has 1 amide bonds. The van der Waals surface area contributed by atoms with Crippen LogP contribution in [0.25, 0.3) is 0 Å². The molecule has 0 spiro atoms. The van der Waals surface area contributed by atoms with Gasteiger partial charge in [0.25, 0.3) is 5.91 Å². The van der Waals surface area contributed by atoms with Crippen molar-refractivity contribution in [2.75, 3.05) is 12.3 Å². The van der Waals surface area contributed by atoms with Gasteiger partial charge in [0, 0.05) is 35.6 Å². The Kier molecular flexibility index (Phi) is 4.03. The predicted molar refractivity (Wildman–Crippen MR) is 80.5 cm³/mol. The highest BCUT2D eigenvalue weighted by Gasteiger charge is 2.21. The Labute approximate surface area is 119 Å². The van der Waals surface area contributed by atoms with Crippen LogP contribution < -0.4 is 11.1 Å². The molecular weight excluding hydrogens is 250 g/mol. The number of anilines is 1. The lowest BCUT2D eigenvalue weighted by atomic mass is 9.85. The van der Waals surface area contributed by atoms with Gasteiger partial charge >= 0.3 is 0 Å². The van der Waals surface area contributed by atoms with Gasteiger partial charge in [0.2, 0.25) is 0 Å². The summed E-state index contributed by atoms with van der Waals surface area (Å²) in [5.41, 5.74) is 7.80. The molecule has 1 heterocycles. The molecule has 0 saturated heterocycles. The minimum Gasteiger partial charge on any atom is -0.399 e. The molecule has 2 aromatic rings. The van der Waals surface area contributed by atoms with E-state index in [0.717, 1.165) is 5.56 Å². The summed E-state index contributed by atoms with van der Waals surface area (Å²) in [7, 11) is 0. The molecule has 0 aliphatic rings. The second-order valence-electron chi connectivity index (χ2n) is 5.43. The number of pyridine rings is 1. The lowest BCUT2D eigenvalue weighted by Crippen LogP contribution is -2.36. The molecule has 2 rings (SSSR count). The van der Waals surface area contributed by atoms with E-state index < -0.39 is 0 Å². The maximum absolute atomic E-state index is 12.1. The number of hydrogen-bond acceptors (Lipinski definition) is 3. The first-order valence-corrected chi connectivity index (χ1v) is 6.53. The third kappa shape index (κ3) is 3.35. The quantitative estimate of drug-likeness (QED) is 0.837. The van der Waals surface area contributed by atoms with Crippen LogP contribution in [0.5, 0.6) is 0 Å². The topological polar surface area (TPSA) is 68.0 Å². The summed E-state index contributed by atoms with van der Waals surface area (Å²) in [6, 6.07) is 10.8. The van der Waals surface area contributed by atoms with Crippen LogP contribution in [-0.4, -0.2) is 17.4 Å². The molecule has 104 valence electrons. The molecule has 0 fully saturated rings. The molecule has 0 unspecified atom stereocenters. The molecule has 0 saturated carbocycles. The van der Waals surface area contributed by atoms with Crippen molar-refractivity contribution < 1.29 is 4.79 Å². The zero-order valence-corrected chi connectivity index (χ0v) is 11.8. The van der Waals surface area contributed by atoms with Crippen molar-refractivity contribution in [1.82, 2.24) is 10.3 Å². The molecule has 1 aromatic heterocycles. The first-order chi connectivity index (χ1) is 9.49. The largest absolute Gasteiger partial charge is 0.399 e. The summed E-state index contributed by atoms with van der Waals surface area (Å²) >= 11 is 0. The fraction of sp³-hybridized carbons (Fsp3) is 0.250. The number of aromatic nitrogens is 1. The zero-order chi connectivity index (χ0) is 14.6. The van der Waals surface area contributed by atoms with Gasteiger partial charge in [-0.3, -0.25) is 9.78 Å². The summed E-state index contributed by atoms with van der Waals surface area (Å²) in [5.74, 6) is -0.0954. The third-order valence-corrected chi connectivity index (χ3v) is 3.31. The SMILES string of the molecule is CC(C)(CNC(=O)c1ccc(N)cc1)c1cccnc1. The van der Waals surface area contributed by atoms with E-state index in [1.165, 1.54) is 0 Å². The van der Waals surface area contributed by atoms with E-state index in [1.807, 2.05) is 18.3 Å². The molecule has 0 radical (unpaired) electrons. The van der Waals surface area contributed by atoms with Crippen molar-refractivity contribution >= 4 is 11.6 Å². The lowest BCUT2D eigenvalue weighted by Gasteiger charge is -2.25. The van der Waals surface area contributed by atoms with Crippen LogP contribution in [0.15, 0.2) is 48.8 Å². The van der Waals surface area contributed by atoms with Gasteiger partial charge in [0.15, 0.2) is 0 Å². The van der Waals surface area contributed by atoms with Crippen LogP contribution in [0.2, 0.25) is 0 Å². The van der Waals surface area contributed by atoms with E-state index in [-0.39, 0.29) is 11.3 Å². The molecule has 4 heteroatoms.